The fraction of sp³-hybridized carbons (Fsp3) is 0.225. The van der Waals surface area contributed by atoms with Crippen molar-refractivity contribution in [3.63, 3.8) is 0 Å². The van der Waals surface area contributed by atoms with Crippen molar-refractivity contribution in [2.45, 2.75) is 59.3 Å². The van der Waals surface area contributed by atoms with Crippen LogP contribution in [0, 0.1) is 6.92 Å². The normalized spacial score (nSPS) is 13.1. The first-order valence-electron chi connectivity index (χ1n) is 15.0. The number of nitrogens with zero attached hydrogens (tertiary/aromatic N) is 1. The van der Waals surface area contributed by atoms with Gasteiger partial charge in [0.1, 0.15) is 5.84 Å². The summed E-state index contributed by atoms with van der Waals surface area (Å²) in [4.78, 5) is 4.91. The van der Waals surface area contributed by atoms with E-state index in [1.165, 1.54) is 39.0 Å². The van der Waals surface area contributed by atoms with Gasteiger partial charge in [0, 0.05) is 11.0 Å². The number of hydrogen-bond donors (Lipinski definition) is 1. The lowest BCUT2D eigenvalue weighted by atomic mass is 9.76. The maximum atomic E-state index is 6.47. The molecule has 2 N–H and O–H groups in total. The summed E-state index contributed by atoms with van der Waals surface area (Å²) in [5.41, 5.74) is 17.1. The molecule has 0 amide bonds. The van der Waals surface area contributed by atoms with Crippen LogP contribution in [0.15, 0.2) is 144 Å². The van der Waals surface area contributed by atoms with Crippen LogP contribution in [0.4, 0.5) is 0 Å². The molecule has 0 heterocycles. The zero-order valence-corrected chi connectivity index (χ0v) is 25.8. The Morgan fingerprint density at radius 1 is 0.810 bits per heavy atom. The number of amidine groups is 1. The van der Waals surface area contributed by atoms with Crippen LogP contribution in [-0.2, 0) is 11.8 Å². The standard InChI is InChI=1S/C40H44N2/c1-6-8-11-18-32(7-2)38(42-39(41)33-19-12-9-13-20-33)27-24-31-17-16-21-34(29-31)35-25-26-37(30(3)28-35)40(4,5)36-22-14-10-15-23-36/h8-23,25-29H,6-7,24H2,1-5H3,(H2,41,42)/b11-8-,32-18+,38-27-. The molecule has 0 aliphatic heterocycles. The molecule has 42 heavy (non-hydrogen) atoms. The van der Waals surface area contributed by atoms with Gasteiger partial charge < -0.3 is 5.73 Å². The van der Waals surface area contributed by atoms with E-state index in [0.29, 0.717) is 5.84 Å². The molecule has 4 aromatic carbocycles. The van der Waals surface area contributed by atoms with Crippen LogP contribution < -0.4 is 5.73 Å². The van der Waals surface area contributed by atoms with Crippen molar-refractivity contribution >= 4 is 5.84 Å². The molecule has 0 radical (unpaired) electrons. The van der Waals surface area contributed by atoms with Crippen molar-refractivity contribution in [1.29, 1.82) is 0 Å². The summed E-state index contributed by atoms with van der Waals surface area (Å²) in [7, 11) is 0. The van der Waals surface area contributed by atoms with Crippen molar-refractivity contribution in [3.8, 4) is 11.1 Å². The van der Waals surface area contributed by atoms with Gasteiger partial charge in [0.05, 0.1) is 5.70 Å². The first-order valence-corrected chi connectivity index (χ1v) is 15.0. The van der Waals surface area contributed by atoms with Gasteiger partial charge in [-0.05, 0) is 65.1 Å². The number of aryl methyl sites for hydroxylation is 1. The van der Waals surface area contributed by atoms with Gasteiger partial charge in [-0.15, -0.1) is 0 Å². The minimum Gasteiger partial charge on any atom is -0.383 e. The smallest absolute Gasteiger partial charge is 0.131 e. The van der Waals surface area contributed by atoms with Crippen molar-refractivity contribution < 1.29 is 0 Å². The lowest BCUT2D eigenvalue weighted by molar-refractivity contribution is 0.636. The molecule has 0 fully saturated rings. The Morgan fingerprint density at radius 2 is 1.50 bits per heavy atom. The predicted molar refractivity (Wildman–Crippen MR) is 182 cm³/mol. The molecule has 0 aliphatic carbocycles. The quantitative estimate of drug-likeness (QED) is 0.112. The Kier molecular flexibility index (Phi) is 10.5. The summed E-state index contributed by atoms with van der Waals surface area (Å²) in [6, 6.07) is 36.4. The molecule has 4 aromatic rings. The van der Waals surface area contributed by atoms with Gasteiger partial charge in [-0.3, -0.25) is 0 Å². The Hall–Kier alpha value is -4.43. The number of hydrogen-bond acceptors (Lipinski definition) is 1. The fourth-order valence-corrected chi connectivity index (χ4v) is 5.40. The largest absolute Gasteiger partial charge is 0.383 e. The highest BCUT2D eigenvalue weighted by atomic mass is 14.9. The van der Waals surface area contributed by atoms with Crippen molar-refractivity contribution in [2.75, 3.05) is 0 Å². The van der Waals surface area contributed by atoms with Crippen LogP contribution >= 0.6 is 0 Å². The monoisotopic (exact) mass is 552 g/mol. The zero-order valence-electron chi connectivity index (χ0n) is 25.8. The molecule has 2 nitrogen and oxygen atoms in total. The highest BCUT2D eigenvalue weighted by Gasteiger charge is 2.24. The average molecular weight is 553 g/mol. The molecular weight excluding hydrogens is 508 g/mol. The van der Waals surface area contributed by atoms with Gasteiger partial charge in [-0.1, -0.05) is 155 Å². The van der Waals surface area contributed by atoms with E-state index in [2.05, 4.69) is 132 Å². The third kappa shape index (κ3) is 7.64. The predicted octanol–water partition coefficient (Wildman–Crippen LogP) is 10.1. The zero-order chi connectivity index (χ0) is 30.0. The summed E-state index contributed by atoms with van der Waals surface area (Å²) in [5, 5.41) is 0. The molecule has 0 bridgehead atoms. The van der Waals surface area contributed by atoms with E-state index in [-0.39, 0.29) is 5.41 Å². The summed E-state index contributed by atoms with van der Waals surface area (Å²) in [5.74, 6) is 0.531. The lowest BCUT2D eigenvalue weighted by Gasteiger charge is -2.28. The maximum Gasteiger partial charge on any atom is 0.131 e. The van der Waals surface area contributed by atoms with Crippen molar-refractivity contribution in [2.24, 2.45) is 10.7 Å². The van der Waals surface area contributed by atoms with Gasteiger partial charge in [-0.2, -0.15) is 0 Å². The summed E-state index contributed by atoms with van der Waals surface area (Å²) in [6.07, 6.45) is 11.3. The third-order valence-electron chi connectivity index (χ3n) is 7.88. The second kappa shape index (κ2) is 14.5. The van der Waals surface area contributed by atoms with Crippen LogP contribution in [0.25, 0.3) is 11.1 Å². The maximum absolute atomic E-state index is 6.47. The van der Waals surface area contributed by atoms with Gasteiger partial charge in [0.2, 0.25) is 0 Å². The number of nitrogens with two attached hydrogens (primary N) is 1. The third-order valence-corrected chi connectivity index (χ3v) is 7.88. The number of benzene rings is 4. The molecule has 214 valence electrons. The Bertz CT molecular complexity index is 1590. The van der Waals surface area contributed by atoms with Crippen molar-refractivity contribution in [3.05, 3.63) is 167 Å². The van der Waals surface area contributed by atoms with Crippen LogP contribution in [0.5, 0.6) is 0 Å². The van der Waals surface area contributed by atoms with Gasteiger partial charge in [-0.25, -0.2) is 4.99 Å². The summed E-state index contributed by atoms with van der Waals surface area (Å²) >= 11 is 0. The highest BCUT2D eigenvalue weighted by Crippen LogP contribution is 2.35. The van der Waals surface area contributed by atoms with Crippen molar-refractivity contribution in [1.82, 2.24) is 0 Å². The average Bonchev–Trinajstić information content (AvgIpc) is 3.02. The molecule has 0 aliphatic rings. The number of aliphatic imine (C=N–C) groups is 1. The fourth-order valence-electron chi connectivity index (χ4n) is 5.40. The first-order chi connectivity index (χ1) is 20.3. The van der Waals surface area contributed by atoms with E-state index >= 15 is 0 Å². The minimum atomic E-state index is -0.0636. The Balaban J connectivity index is 1.64. The van der Waals surface area contributed by atoms with E-state index in [1.807, 2.05) is 30.3 Å². The van der Waals surface area contributed by atoms with Crippen LogP contribution in [-0.4, -0.2) is 5.84 Å². The van der Waals surface area contributed by atoms with Gasteiger partial charge in [0.25, 0.3) is 0 Å². The Labute approximate surface area is 253 Å². The molecule has 0 spiro atoms. The highest BCUT2D eigenvalue weighted by molar-refractivity contribution is 5.98. The Morgan fingerprint density at radius 3 is 2.17 bits per heavy atom. The second-order valence-corrected chi connectivity index (χ2v) is 11.3. The van der Waals surface area contributed by atoms with E-state index in [4.69, 9.17) is 10.7 Å². The molecule has 0 atom stereocenters. The molecule has 0 aromatic heterocycles. The van der Waals surface area contributed by atoms with Gasteiger partial charge >= 0.3 is 0 Å². The summed E-state index contributed by atoms with van der Waals surface area (Å²) in [6.45, 7) is 11.1. The SMILES string of the molecule is CC\C=C/C=C(CC)/C(=C/Cc1cccc(-c2ccc(C(C)(C)c3ccccc3)c(C)c2)c1)N=C(N)c1ccccc1. The molecule has 0 saturated heterocycles. The molecule has 0 unspecified atom stereocenters. The van der Waals surface area contributed by atoms with E-state index in [0.717, 1.165) is 30.5 Å². The van der Waals surface area contributed by atoms with E-state index in [1.54, 1.807) is 0 Å². The second-order valence-electron chi connectivity index (χ2n) is 11.3. The molecule has 2 heteroatoms. The number of rotatable bonds is 11. The minimum absolute atomic E-state index is 0.0636. The summed E-state index contributed by atoms with van der Waals surface area (Å²) < 4.78 is 0. The molecular formula is C40H44N2. The van der Waals surface area contributed by atoms with E-state index < -0.39 is 0 Å². The van der Waals surface area contributed by atoms with E-state index in [9.17, 15) is 0 Å². The number of allylic oxidation sites excluding steroid dienone is 5. The van der Waals surface area contributed by atoms with Crippen LogP contribution in [0.1, 0.15) is 68.4 Å². The van der Waals surface area contributed by atoms with Gasteiger partial charge in [0.15, 0.2) is 0 Å². The van der Waals surface area contributed by atoms with Crippen LogP contribution in [0.2, 0.25) is 0 Å². The lowest BCUT2D eigenvalue weighted by Crippen LogP contribution is -2.20. The molecule has 4 rings (SSSR count). The van der Waals surface area contributed by atoms with Crippen LogP contribution in [0.3, 0.4) is 0 Å². The topological polar surface area (TPSA) is 38.4 Å². The molecule has 0 saturated carbocycles. The first kappa shape index (κ1) is 30.5.